The lowest BCUT2D eigenvalue weighted by Gasteiger charge is -2.38. The average molecular weight is 745 g/mol. The molecule has 11 rings (SSSR count). The molecule has 0 atom stereocenters. The molecule has 9 aromatic rings. The predicted octanol–water partition coefficient (Wildman–Crippen LogP) is 15.5. The van der Waals surface area contributed by atoms with Crippen molar-refractivity contribution in [2.24, 2.45) is 0 Å². The van der Waals surface area contributed by atoms with Gasteiger partial charge in [-0.25, -0.2) is 0 Å². The summed E-state index contributed by atoms with van der Waals surface area (Å²) >= 11 is 0. The molecule has 2 heterocycles. The van der Waals surface area contributed by atoms with Gasteiger partial charge < -0.3 is 14.4 Å². The molecule has 4 nitrogen and oxygen atoms in total. The summed E-state index contributed by atoms with van der Waals surface area (Å²) in [7, 11) is 0. The lowest BCUT2D eigenvalue weighted by molar-refractivity contribution is 0.447. The van der Waals surface area contributed by atoms with Crippen molar-refractivity contribution in [3.05, 3.63) is 218 Å². The van der Waals surface area contributed by atoms with E-state index in [-0.39, 0.29) is 0 Å². The van der Waals surface area contributed by atoms with E-state index in [0.29, 0.717) is 0 Å². The Morgan fingerprint density at radius 3 is 1.29 bits per heavy atom. The fourth-order valence-corrected chi connectivity index (χ4v) is 8.22. The minimum absolute atomic E-state index is 0.771. The maximum Gasteiger partial charge on any atom is 0.163 e. The molecule has 58 heavy (non-hydrogen) atoms. The van der Waals surface area contributed by atoms with Crippen molar-refractivity contribution in [2.75, 3.05) is 9.80 Å². The van der Waals surface area contributed by atoms with Crippen LogP contribution in [0.5, 0.6) is 23.0 Å². The summed E-state index contributed by atoms with van der Waals surface area (Å²) in [6.45, 7) is 0. The summed E-state index contributed by atoms with van der Waals surface area (Å²) in [4.78, 5) is 4.59. The van der Waals surface area contributed by atoms with E-state index in [2.05, 4.69) is 192 Å². The zero-order valence-corrected chi connectivity index (χ0v) is 31.5. The van der Waals surface area contributed by atoms with Crippen molar-refractivity contribution in [3.8, 4) is 67.5 Å². The van der Waals surface area contributed by atoms with Crippen molar-refractivity contribution >= 4 is 34.1 Å². The Labute approximate surface area is 338 Å². The van der Waals surface area contributed by atoms with Gasteiger partial charge in [0.1, 0.15) is 5.69 Å². The Balaban J connectivity index is 0.950. The second kappa shape index (κ2) is 14.0. The predicted molar refractivity (Wildman–Crippen MR) is 238 cm³/mol. The van der Waals surface area contributed by atoms with Crippen LogP contribution < -0.4 is 19.3 Å². The van der Waals surface area contributed by atoms with Gasteiger partial charge in [0, 0.05) is 22.6 Å². The molecule has 0 saturated heterocycles. The van der Waals surface area contributed by atoms with Gasteiger partial charge in [-0.3, -0.25) is 4.90 Å². The normalized spacial score (nSPS) is 12.0. The highest BCUT2D eigenvalue weighted by atomic mass is 16.5. The van der Waals surface area contributed by atoms with Gasteiger partial charge in [-0.2, -0.15) is 0 Å². The minimum atomic E-state index is 0.771. The zero-order chi connectivity index (χ0) is 38.4. The van der Waals surface area contributed by atoms with Crippen molar-refractivity contribution in [3.63, 3.8) is 0 Å². The van der Waals surface area contributed by atoms with Gasteiger partial charge in [-0.1, -0.05) is 140 Å². The molecule has 0 bridgehead atoms. The van der Waals surface area contributed by atoms with Gasteiger partial charge in [0.05, 0.1) is 11.4 Å². The fourth-order valence-electron chi connectivity index (χ4n) is 8.22. The minimum Gasteiger partial charge on any atom is -0.453 e. The topological polar surface area (TPSA) is 24.9 Å². The van der Waals surface area contributed by atoms with Crippen LogP contribution in [0.1, 0.15) is 0 Å². The molecule has 274 valence electrons. The molecule has 0 amide bonds. The summed E-state index contributed by atoms with van der Waals surface area (Å²) in [5, 5.41) is 0. The first kappa shape index (κ1) is 33.5. The molecule has 0 aromatic heterocycles. The lowest BCUT2D eigenvalue weighted by atomic mass is 9.96. The molecule has 2 aliphatic heterocycles. The van der Waals surface area contributed by atoms with Crippen LogP contribution in [-0.4, -0.2) is 0 Å². The Kier molecular flexibility index (Phi) is 8.11. The summed E-state index contributed by atoms with van der Waals surface area (Å²) in [6, 6.07) is 76.8. The van der Waals surface area contributed by atoms with E-state index in [4.69, 9.17) is 9.47 Å². The number of rotatable bonds is 7. The molecule has 0 saturated carbocycles. The number of fused-ring (bicyclic) bond motifs is 4. The number of hydrogen-bond acceptors (Lipinski definition) is 4. The second-order valence-corrected chi connectivity index (χ2v) is 14.6. The van der Waals surface area contributed by atoms with Gasteiger partial charge in [0.25, 0.3) is 0 Å². The van der Waals surface area contributed by atoms with Crippen molar-refractivity contribution in [1.82, 2.24) is 0 Å². The van der Waals surface area contributed by atoms with Crippen LogP contribution in [0, 0.1) is 0 Å². The molecular formula is C54H36N2O2. The standard InChI is InChI=1S/C54H36N2O2/c1-3-12-37(13-4-1)39-22-28-44(29-23-39)55(45-30-24-40(25-31-45)38-14-5-2-6-15-38)46-32-26-41(27-33-46)42-16-11-17-43(36-42)47-34-35-52-53-54(47)58-51-21-10-8-19-49(51)56(53)48-18-7-9-20-50(48)57-52/h1-36H. The van der Waals surface area contributed by atoms with E-state index >= 15 is 0 Å². The molecular weight excluding hydrogens is 709 g/mol. The third-order valence-corrected chi connectivity index (χ3v) is 11.1. The molecule has 0 radical (unpaired) electrons. The van der Waals surface area contributed by atoms with Gasteiger partial charge in [0.2, 0.25) is 0 Å². The van der Waals surface area contributed by atoms with Crippen LogP contribution in [0.4, 0.5) is 34.1 Å². The largest absolute Gasteiger partial charge is 0.453 e. The van der Waals surface area contributed by atoms with E-state index in [0.717, 1.165) is 79.4 Å². The first-order valence-electron chi connectivity index (χ1n) is 19.6. The van der Waals surface area contributed by atoms with Crippen molar-refractivity contribution in [1.29, 1.82) is 0 Å². The molecule has 4 heteroatoms. The van der Waals surface area contributed by atoms with Crippen LogP contribution in [0.15, 0.2) is 218 Å². The molecule has 0 spiro atoms. The second-order valence-electron chi connectivity index (χ2n) is 14.6. The van der Waals surface area contributed by atoms with Gasteiger partial charge in [-0.05, 0) is 118 Å². The van der Waals surface area contributed by atoms with Crippen LogP contribution in [0.25, 0.3) is 44.5 Å². The van der Waals surface area contributed by atoms with E-state index in [1.165, 1.54) is 22.3 Å². The third-order valence-electron chi connectivity index (χ3n) is 11.1. The number of para-hydroxylation sites is 4. The number of benzene rings is 9. The van der Waals surface area contributed by atoms with Crippen LogP contribution >= 0.6 is 0 Å². The molecule has 2 aliphatic rings. The van der Waals surface area contributed by atoms with Gasteiger partial charge >= 0.3 is 0 Å². The molecule has 0 unspecified atom stereocenters. The summed E-state index contributed by atoms with van der Waals surface area (Å²) in [5.41, 5.74) is 15.2. The van der Waals surface area contributed by atoms with E-state index in [1.54, 1.807) is 0 Å². The van der Waals surface area contributed by atoms with Crippen LogP contribution in [0.2, 0.25) is 0 Å². The SMILES string of the molecule is c1ccc(-c2ccc(N(c3ccc(-c4ccccc4)cc3)c3ccc(-c4cccc(-c5ccc6c7c5Oc5ccccc5N7c5ccccc5O6)c4)cc3)cc2)cc1. The van der Waals surface area contributed by atoms with Crippen molar-refractivity contribution in [2.45, 2.75) is 0 Å². The first-order chi connectivity index (χ1) is 28.7. The van der Waals surface area contributed by atoms with Gasteiger partial charge in [0.15, 0.2) is 23.0 Å². The molecule has 9 aromatic carbocycles. The number of ether oxygens (including phenoxy) is 2. The highest BCUT2D eigenvalue weighted by Gasteiger charge is 2.36. The summed E-state index contributed by atoms with van der Waals surface area (Å²) < 4.78 is 13.2. The van der Waals surface area contributed by atoms with E-state index in [1.807, 2.05) is 36.4 Å². The Morgan fingerprint density at radius 1 is 0.310 bits per heavy atom. The smallest absolute Gasteiger partial charge is 0.163 e. The summed E-state index contributed by atoms with van der Waals surface area (Å²) in [5.74, 6) is 3.19. The molecule has 0 fully saturated rings. The van der Waals surface area contributed by atoms with Crippen molar-refractivity contribution < 1.29 is 9.47 Å². The monoisotopic (exact) mass is 744 g/mol. The van der Waals surface area contributed by atoms with Crippen LogP contribution in [-0.2, 0) is 0 Å². The van der Waals surface area contributed by atoms with E-state index < -0.39 is 0 Å². The van der Waals surface area contributed by atoms with Crippen LogP contribution in [0.3, 0.4) is 0 Å². The Hall–Kier alpha value is -7.82. The molecule has 0 aliphatic carbocycles. The quantitative estimate of drug-likeness (QED) is 0.162. The number of anilines is 6. The average Bonchev–Trinajstić information content (AvgIpc) is 3.30. The summed E-state index contributed by atoms with van der Waals surface area (Å²) in [6.07, 6.45) is 0. The van der Waals surface area contributed by atoms with E-state index in [9.17, 15) is 0 Å². The lowest BCUT2D eigenvalue weighted by Crippen LogP contribution is -2.20. The third kappa shape index (κ3) is 5.87. The highest BCUT2D eigenvalue weighted by Crippen LogP contribution is 2.61. The maximum absolute atomic E-state index is 6.73. The number of nitrogens with zero attached hydrogens (tertiary/aromatic N) is 2. The number of hydrogen-bond donors (Lipinski definition) is 0. The first-order valence-corrected chi connectivity index (χ1v) is 19.6. The fraction of sp³-hybridized carbons (Fsp3) is 0. The van der Waals surface area contributed by atoms with Gasteiger partial charge in [-0.15, -0.1) is 0 Å². The molecule has 0 N–H and O–H groups in total. The maximum atomic E-state index is 6.73. The Bertz CT molecular complexity index is 2830. The Morgan fingerprint density at radius 2 is 0.741 bits per heavy atom. The highest BCUT2D eigenvalue weighted by molar-refractivity contribution is 5.97. The zero-order valence-electron chi connectivity index (χ0n) is 31.5.